The van der Waals surface area contributed by atoms with Crippen LogP contribution < -0.4 is 0 Å². The Balaban J connectivity index is 1.50. The summed E-state index contributed by atoms with van der Waals surface area (Å²) < 4.78 is 1.64. The van der Waals surface area contributed by atoms with Crippen LogP contribution >= 0.6 is 0 Å². The van der Waals surface area contributed by atoms with Crippen molar-refractivity contribution in [1.82, 2.24) is 19.5 Å². The lowest BCUT2D eigenvalue weighted by Gasteiger charge is -2.39. The van der Waals surface area contributed by atoms with E-state index in [1.54, 1.807) is 22.8 Å². The Morgan fingerprint density at radius 2 is 1.88 bits per heavy atom. The Morgan fingerprint density at radius 1 is 1.12 bits per heavy atom. The molecule has 0 spiro atoms. The Hall–Kier alpha value is -2.69. The van der Waals surface area contributed by atoms with Gasteiger partial charge in [0.05, 0.1) is 0 Å². The molecule has 0 aliphatic carbocycles. The zero-order valence-corrected chi connectivity index (χ0v) is 13.7. The number of aromatic nitrogens is 3. The number of benzene rings is 1. The van der Waals surface area contributed by atoms with Gasteiger partial charge < -0.3 is 4.90 Å². The highest BCUT2D eigenvalue weighted by atomic mass is 16.2. The highest BCUT2D eigenvalue weighted by Crippen LogP contribution is 2.35. The molecule has 5 heteroatoms. The molecule has 1 aliphatic rings. The Bertz CT molecular complexity index is 830. The van der Waals surface area contributed by atoms with Gasteiger partial charge in [-0.2, -0.15) is 5.10 Å². The summed E-state index contributed by atoms with van der Waals surface area (Å²) in [5.74, 6) is -0.00406. The zero-order chi connectivity index (χ0) is 16.6. The van der Waals surface area contributed by atoms with Crippen LogP contribution in [-0.4, -0.2) is 38.5 Å². The normalized spacial score (nSPS) is 17.1. The molecule has 0 radical (unpaired) electrons. The van der Waals surface area contributed by atoms with Gasteiger partial charge in [-0.3, -0.25) is 4.79 Å². The van der Waals surface area contributed by atoms with E-state index in [0.29, 0.717) is 11.3 Å². The van der Waals surface area contributed by atoms with Crippen molar-refractivity contribution in [2.24, 2.45) is 0 Å². The van der Waals surface area contributed by atoms with Gasteiger partial charge in [0.25, 0.3) is 5.91 Å². The minimum absolute atomic E-state index is 0.00406. The van der Waals surface area contributed by atoms with E-state index in [9.17, 15) is 4.79 Å². The summed E-state index contributed by atoms with van der Waals surface area (Å²) >= 11 is 0. The molecule has 0 bridgehead atoms. The predicted octanol–water partition coefficient (Wildman–Crippen LogP) is 2.92. The van der Waals surface area contributed by atoms with Crippen LogP contribution in [0.3, 0.4) is 0 Å². The first-order chi connectivity index (χ1) is 11.7. The average Bonchev–Trinajstić information content (AvgIpc) is 3.07. The number of amides is 1. The van der Waals surface area contributed by atoms with Crippen LogP contribution in [0.25, 0.3) is 5.65 Å². The van der Waals surface area contributed by atoms with Crippen LogP contribution in [0.2, 0.25) is 0 Å². The first kappa shape index (κ1) is 14.9. The average molecular weight is 320 g/mol. The molecule has 1 aliphatic heterocycles. The van der Waals surface area contributed by atoms with Crippen molar-refractivity contribution in [3.05, 3.63) is 66.1 Å². The molecule has 2 aromatic heterocycles. The first-order valence-electron chi connectivity index (χ1n) is 8.31. The molecule has 3 aromatic rings. The van der Waals surface area contributed by atoms with Crippen molar-refractivity contribution >= 4 is 11.6 Å². The lowest BCUT2D eigenvalue weighted by molar-refractivity contribution is 0.0669. The van der Waals surface area contributed by atoms with E-state index in [0.717, 1.165) is 25.9 Å². The third-order valence-corrected chi connectivity index (χ3v) is 5.08. The van der Waals surface area contributed by atoms with E-state index in [4.69, 9.17) is 0 Å². The van der Waals surface area contributed by atoms with Gasteiger partial charge >= 0.3 is 0 Å². The van der Waals surface area contributed by atoms with Crippen molar-refractivity contribution in [2.45, 2.75) is 25.2 Å². The van der Waals surface area contributed by atoms with Crippen LogP contribution in [0.1, 0.15) is 35.8 Å². The fraction of sp³-hybridized carbons (Fsp3) is 0.316. The molecule has 1 fully saturated rings. The predicted molar refractivity (Wildman–Crippen MR) is 91.9 cm³/mol. The van der Waals surface area contributed by atoms with Crippen molar-refractivity contribution in [2.75, 3.05) is 13.1 Å². The molecular weight excluding hydrogens is 300 g/mol. The monoisotopic (exact) mass is 320 g/mol. The Morgan fingerprint density at radius 3 is 2.58 bits per heavy atom. The standard InChI is InChI=1S/C19H20N4O/c1-19(15-6-3-2-4-7-15)8-12-22(13-9-19)18(24)16-14-17-20-10-5-11-23(17)21-16/h2-7,10-11,14H,8-9,12-13H2,1H3. The smallest absolute Gasteiger partial charge is 0.274 e. The fourth-order valence-electron chi connectivity index (χ4n) is 3.43. The number of rotatable bonds is 2. The third kappa shape index (κ3) is 2.56. The van der Waals surface area contributed by atoms with Crippen molar-refractivity contribution in [3.63, 3.8) is 0 Å². The second-order valence-electron chi connectivity index (χ2n) is 6.67. The van der Waals surface area contributed by atoms with E-state index in [-0.39, 0.29) is 11.3 Å². The minimum atomic E-state index is -0.00406. The van der Waals surface area contributed by atoms with Crippen LogP contribution in [0, 0.1) is 0 Å². The van der Waals surface area contributed by atoms with Gasteiger partial charge in [0, 0.05) is 31.5 Å². The molecule has 1 saturated heterocycles. The van der Waals surface area contributed by atoms with Crippen molar-refractivity contribution < 1.29 is 4.79 Å². The number of carbonyl (C=O) groups excluding carboxylic acids is 1. The molecule has 0 saturated carbocycles. The van der Waals surface area contributed by atoms with E-state index < -0.39 is 0 Å². The van der Waals surface area contributed by atoms with Crippen LogP contribution in [0.15, 0.2) is 54.9 Å². The zero-order valence-electron chi connectivity index (χ0n) is 13.7. The first-order valence-corrected chi connectivity index (χ1v) is 8.31. The van der Waals surface area contributed by atoms with E-state index in [1.807, 2.05) is 17.2 Å². The molecule has 1 aromatic carbocycles. The maximum atomic E-state index is 12.7. The largest absolute Gasteiger partial charge is 0.337 e. The summed E-state index contributed by atoms with van der Waals surface area (Å²) in [6, 6.07) is 14.1. The van der Waals surface area contributed by atoms with Crippen molar-refractivity contribution in [1.29, 1.82) is 0 Å². The summed E-state index contributed by atoms with van der Waals surface area (Å²) in [6.45, 7) is 3.80. The van der Waals surface area contributed by atoms with Gasteiger partial charge in [0.2, 0.25) is 0 Å². The maximum Gasteiger partial charge on any atom is 0.274 e. The Kier molecular flexibility index (Phi) is 3.56. The van der Waals surface area contributed by atoms with E-state index >= 15 is 0 Å². The van der Waals surface area contributed by atoms with Gasteiger partial charge in [0.1, 0.15) is 0 Å². The van der Waals surface area contributed by atoms with Gasteiger partial charge in [-0.05, 0) is 29.9 Å². The number of carbonyl (C=O) groups is 1. The topological polar surface area (TPSA) is 50.5 Å². The summed E-state index contributed by atoms with van der Waals surface area (Å²) in [5.41, 5.74) is 2.66. The lowest BCUT2D eigenvalue weighted by Crippen LogP contribution is -2.44. The van der Waals surface area contributed by atoms with Gasteiger partial charge in [0.15, 0.2) is 11.3 Å². The molecule has 0 N–H and O–H groups in total. The maximum absolute atomic E-state index is 12.7. The summed E-state index contributed by atoms with van der Waals surface area (Å²) in [6.07, 6.45) is 5.45. The van der Waals surface area contributed by atoms with Crippen LogP contribution in [0.4, 0.5) is 0 Å². The summed E-state index contributed by atoms with van der Waals surface area (Å²) in [5, 5.41) is 4.35. The highest BCUT2D eigenvalue weighted by Gasteiger charge is 2.34. The summed E-state index contributed by atoms with van der Waals surface area (Å²) in [4.78, 5) is 18.9. The second-order valence-corrected chi connectivity index (χ2v) is 6.67. The lowest BCUT2D eigenvalue weighted by atomic mass is 9.74. The molecule has 5 nitrogen and oxygen atoms in total. The Labute approximate surface area is 140 Å². The van der Waals surface area contributed by atoms with Crippen LogP contribution in [0.5, 0.6) is 0 Å². The van der Waals surface area contributed by atoms with Gasteiger partial charge in [-0.25, -0.2) is 9.50 Å². The second kappa shape index (κ2) is 5.74. The quantitative estimate of drug-likeness (QED) is 0.729. The van der Waals surface area contributed by atoms with Crippen molar-refractivity contribution in [3.8, 4) is 0 Å². The third-order valence-electron chi connectivity index (χ3n) is 5.08. The molecule has 1 amide bonds. The number of hydrogen-bond donors (Lipinski definition) is 0. The number of nitrogens with zero attached hydrogens (tertiary/aromatic N) is 4. The number of hydrogen-bond acceptors (Lipinski definition) is 3. The minimum Gasteiger partial charge on any atom is -0.337 e. The molecule has 0 unspecified atom stereocenters. The molecule has 3 heterocycles. The number of fused-ring (bicyclic) bond motifs is 1. The SMILES string of the molecule is CC1(c2ccccc2)CCN(C(=O)c2cc3ncccn3n2)CC1. The fourth-order valence-corrected chi connectivity index (χ4v) is 3.43. The molecule has 0 atom stereocenters. The molecule has 122 valence electrons. The summed E-state index contributed by atoms with van der Waals surface area (Å²) in [7, 11) is 0. The molecular formula is C19H20N4O. The number of likely N-dealkylation sites (tertiary alicyclic amines) is 1. The number of piperidine rings is 1. The highest BCUT2D eigenvalue weighted by molar-refractivity contribution is 5.93. The van der Waals surface area contributed by atoms with E-state index in [1.165, 1.54) is 5.56 Å². The van der Waals surface area contributed by atoms with Gasteiger partial charge in [-0.1, -0.05) is 37.3 Å². The van der Waals surface area contributed by atoms with Crippen LogP contribution in [-0.2, 0) is 5.41 Å². The molecule has 24 heavy (non-hydrogen) atoms. The molecule has 4 rings (SSSR count). The van der Waals surface area contributed by atoms with E-state index in [2.05, 4.69) is 41.3 Å². The van der Waals surface area contributed by atoms with Gasteiger partial charge in [-0.15, -0.1) is 0 Å².